The van der Waals surface area contributed by atoms with E-state index in [1.165, 1.54) is 0 Å². The zero-order valence-corrected chi connectivity index (χ0v) is 22.4. The first kappa shape index (κ1) is 27.4. The largest absolute Gasteiger partial charge is 0.334 e. The highest BCUT2D eigenvalue weighted by Gasteiger charge is 2.27. The third kappa shape index (κ3) is 7.90. The predicted octanol–water partition coefficient (Wildman–Crippen LogP) is 6.46. The highest BCUT2D eigenvalue weighted by Crippen LogP contribution is 2.26. The van der Waals surface area contributed by atoms with Gasteiger partial charge in [0.05, 0.1) is 11.1 Å². The molecule has 4 N–H and O–H groups in total. The molecule has 0 spiro atoms. The standard InChI is InChI=1S/C28H32Cl2N4O2/c1-27(2,33-25(35)31-17-19-8-12-23(29)13-9-19)21-6-5-7-22(16-21)28(3,4)34-26(36)32-18-20-10-14-24(30)15-11-20/h5-16H,17-18H2,1-4H3,(H2,31,33,35)(H2,32,34,36). The molecule has 0 atom stereocenters. The van der Waals surface area contributed by atoms with E-state index in [1.54, 1.807) is 24.3 Å². The van der Waals surface area contributed by atoms with E-state index in [9.17, 15) is 9.59 Å². The van der Waals surface area contributed by atoms with Crippen LogP contribution in [0, 0.1) is 0 Å². The molecule has 0 saturated carbocycles. The molecule has 0 aromatic heterocycles. The Hall–Kier alpha value is -3.22. The van der Waals surface area contributed by atoms with Crippen molar-refractivity contribution in [1.29, 1.82) is 0 Å². The molecule has 8 heteroatoms. The van der Waals surface area contributed by atoms with Crippen molar-refractivity contribution < 1.29 is 9.59 Å². The van der Waals surface area contributed by atoms with Crippen LogP contribution in [0.3, 0.4) is 0 Å². The molecule has 0 saturated heterocycles. The Bertz CT molecular complexity index is 1100. The van der Waals surface area contributed by atoms with Crippen molar-refractivity contribution in [2.24, 2.45) is 0 Å². The van der Waals surface area contributed by atoms with Gasteiger partial charge in [-0.2, -0.15) is 0 Å². The Kier molecular flexibility index (Phi) is 8.88. The van der Waals surface area contributed by atoms with Gasteiger partial charge in [0.25, 0.3) is 0 Å². The number of hydrogen-bond donors (Lipinski definition) is 4. The van der Waals surface area contributed by atoms with Crippen molar-refractivity contribution in [1.82, 2.24) is 21.3 Å². The smallest absolute Gasteiger partial charge is 0.315 e. The number of benzene rings is 3. The van der Waals surface area contributed by atoms with Crippen LogP contribution in [0.2, 0.25) is 10.0 Å². The minimum atomic E-state index is -0.646. The third-order valence-corrected chi connectivity index (χ3v) is 6.39. The fourth-order valence-electron chi connectivity index (χ4n) is 3.67. The summed E-state index contributed by atoms with van der Waals surface area (Å²) in [5, 5.41) is 13.1. The van der Waals surface area contributed by atoms with Crippen LogP contribution in [-0.4, -0.2) is 12.1 Å². The number of hydrogen-bond acceptors (Lipinski definition) is 2. The first-order valence-corrected chi connectivity index (χ1v) is 12.4. The Balaban J connectivity index is 1.59. The number of rotatable bonds is 8. The van der Waals surface area contributed by atoms with E-state index in [0.717, 1.165) is 22.3 Å². The van der Waals surface area contributed by atoms with E-state index in [2.05, 4.69) is 21.3 Å². The van der Waals surface area contributed by atoms with E-state index in [1.807, 2.05) is 76.2 Å². The summed E-state index contributed by atoms with van der Waals surface area (Å²) in [4.78, 5) is 25.2. The van der Waals surface area contributed by atoms with Gasteiger partial charge in [0.1, 0.15) is 0 Å². The zero-order chi connectivity index (χ0) is 26.3. The number of amides is 4. The van der Waals surface area contributed by atoms with Gasteiger partial charge in [0, 0.05) is 23.1 Å². The fourth-order valence-corrected chi connectivity index (χ4v) is 3.92. The number of carbonyl (C=O) groups is 2. The SMILES string of the molecule is CC(C)(NC(=O)NCc1ccc(Cl)cc1)c1cccc(C(C)(C)NC(=O)NCc2ccc(Cl)cc2)c1. The number of urea groups is 2. The van der Waals surface area contributed by atoms with Gasteiger partial charge in [0.15, 0.2) is 0 Å². The zero-order valence-electron chi connectivity index (χ0n) is 20.9. The fraction of sp³-hybridized carbons (Fsp3) is 0.286. The lowest BCUT2D eigenvalue weighted by Gasteiger charge is -2.31. The van der Waals surface area contributed by atoms with E-state index < -0.39 is 11.1 Å². The van der Waals surface area contributed by atoms with Crippen LogP contribution in [0.25, 0.3) is 0 Å². The van der Waals surface area contributed by atoms with Crippen molar-refractivity contribution in [2.75, 3.05) is 0 Å². The molecule has 4 amide bonds. The Labute approximate surface area is 222 Å². The average Bonchev–Trinajstić information content (AvgIpc) is 2.83. The molecule has 0 unspecified atom stereocenters. The Morgan fingerprint density at radius 2 is 1.00 bits per heavy atom. The highest BCUT2D eigenvalue weighted by atomic mass is 35.5. The first-order valence-electron chi connectivity index (χ1n) is 11.7. The quantitative estimate of drug-likeness (QED) is 0.271. The van der Waals surface area contributed by atoms with Gasteiger partial charge >= 0.3 is 12.1 Å². The monoisotopic (exact) mass is 526 g/mol. The van der Waals surface area contributed by atoms with E-state index in [-0.39, 0.29) is 12.1 Å². The average molecular weight is 527 g/mol. The lowest BCUT2D eigenvalue weighted by atomic mass is 9.87. The minimum absolute atomic E-state index is 0.278. The number of carbonyl (C=O) groups excluding carboxylic acids is 2. The predicted molar refractivity (Wildman–Crippen MR) is 146 cm³/mol. The molecule has 3 rings (SSSR count). The molecule has 0 fully saturated rings. The van der Waals surface area contributed by atoms with E-state index in [4.69, 9.17) is 23.2 Å². The summed E-state index contributed by atoms with van der Waals surface area (Å²) in [5.74, 6) is 0. The van der Waals surface area contributed by atoms with Gasteiger partial charge < -0.3 is 21.3 Å². The molecule has 0 aliphatic rings. The molecule has 0 heterocycles. The molecule has 6 nitrogen and oxygen atoms in total. The van der Waals surface area contributed by atoms with Crippen molar-refractivity contribution in [3.05, 3.63) is 105 Å². The summed E-state index contributed by atoms with van der Waals surface area (Å²) >= 11 is 11.8. The second-order valence-corrected chi connectivity index (χ2v) is 10.6. The van der Waals surface area contributed by atoms with Gasteiger partial charge in [-0.3, -0.25) is 0 Å². The van der Waals surface area contributed by atoms with Crippen LogP contribution < -0.4 is 21.3 Å². The maximum Gasteiger partial charge on any atom is 0.315 e. The molecule has 0 radical (unpaired) electrons. The summed E-state index contributed by atoms with van der Waals surface area (Å²) in [6, 6.07) is 21.9. The van der Waals surface area contributed by atoms with E-state index >= 15 is 0 Å². The van der Waals surface area contributed by atoms with Gasteiger partial charge in [-0.05, 0) is 74.2 Å². The molecule has 190 valence electrons. The van der Waals surface area contributed by atoms with Crippen LogP contribution in [0.4, 0.5) is 9.59 Å². The van der Waals surface area contributed by atoms with E-state index in [0.29, 0.717) is 23.1 Å². The van der Waals surface area contributed by atoms with Crippen molar-refractivity contribution in [2.45, 2.75) is 51.9 Å². The summed E-state index contributed by atoms with van der Waals surface area (Å²) in [6.07, 6.45) is 0. The molecule has 3 aromatic carbocycles. The topological polar surface area (TPSA) is 82.3 Å². The van der Waals surface area contributed by atoms with Gasteiger partial charge in [-0.15, -0.1) is 0 Å². The van der Waals surface area contributed by atoms with Crippen LogP contribution in [0.5, 0.6) is 0 Å². The molecule has 0 bridgehead atoms. The second kappa shape index (κ2) is 11.7. The normalized spacial score (nSPS) is 11.5. The van der Waals surface area contributed by atoms with Crippen LogP contribution >= 0.6 is 23.2 Å². The summed E-state index contributed by atoms with van der Waals surface area (Å²) in [6.45, 7) is 8.53. The maximum absolute atomic E-state index is 12.6. The summed E-state index contributed by atoms with van der Waals surface area (Å²) in [7, 11) is 0. The number of halogens is 2. The van der Waals surface area contributed by atoms with Crippen LogP contribution in [0.1, 0.15) is 49.9 Å². The molecular weight excluding hydrogens is 495 g/mol. The summed E-state index contributed by atoms with van der Waals surface area (Å²) in [5.41, 5.74) is 2.45. The molecule has 36 heavy (non-hydrogen) atoms. The Morgan fingerprint density at radius 3 is 1.36 bits per heavy atom. The molecule has 3 aromatic rings. The summed E-state index contributed by atoms with van der Waals surface area (Å²) < 4.78 is 0. The molecular formula is C28H32Cl2N4O2. The third-order valence-electron chi connectivity index (χ3n) is 5.89. The van der Waals surface area contributed by atoms with Crippen molar-refractivity contribution >= 4 is 35.3 Å². The van der Waals surface area contributed by atoms with Crippen molar-refractivity contribution in [3.8, 4) is 0 Å². The second-order valence-electron chi connectivity index (χ2n) is 9.70. The Morgan fingerprint density at radius 1 is 0.639 bits per heavy atom. The molecule has 0 aliphatic heterocycles. The lowest BCUT2D eigenvalue weighted by Crippen LogP contribution is -2.47. The van der Waals surface area contributed by atoms with Gasteiger partial charge in [-0.1, -0.05) is 71.7 Å². The maximum atomic E-state index is 12.6. The first-order chi connectivity index (χ1) is 16.9. The van der Waals surface area contributed by atoms with Gasteiger partial charge in [0.2, 0.25) is 0 Å². The minimum Gasteiger partial charge on any atom is -0.334 e. The number of nitrogens with one attached hydrogen (secondary N) is 4. The van der Waals surface area contributed by atoms with Crippen molar-refractivity contribution in [3.63, 3.8) is 0 Å². The van der Waals surface area contributed by atoms with Crippen LogP contribution in [-0.2, 0) is 24.2 Å². The lowest BCUT2D eigenvalue weighted by molar-refractivity contribution is 0.229. The van der Waals surface area contributed by atoms with Gasteiger partial charge in [-0.25, -0.2) is 9.59 Å². The highest BCUT2D eigenvalue weighted by molar-refractivity contribution is 6.30. The molecule has 0 aliphatic carbocycles. The van der Waals surface area contributed by atoms with Crippen LogP contribution in [0.15, 0.2) is 72.8 Å².